The monoisotopic (exact) mass is 235 g/mol. The van der Waals surface area contributed by atoms with Crippen LogP contribution in [0.15, 0.2) is 6.20 Å². The number of aromatic nitrogens is 1. The van der Waals surface area contributed by atoms with Gasteiger partial charge in [0.15, 0.2) is 0 Å². The van der Waals surface area contributed by atoms with E-state index < -0.39 is 0 Å². The average molecular weight is 235 g/mol. The number of nitrogens with one attached hydrogen (secondary N) is 1. The molecule has 0 saturated heterocycles. The highest BCUT2D eigenvalue weighted by molar-refractivity contribution is 7.11. The van der Waals surface area contributed by atoms with Crippen molar-refractivity contribution in [2.45, 2.75) is 39.2 Å². The SMILES string of the molecule is CC(C)(C#N)CNCc1cnc(C2CC2)s1. The second-order valence-electron chi connectivity index (χ2n) is 5.04. The molecule has 1 saturated carbocycles. The van der Waals surface area contributed by atoms with E-state index in [9.17, 15) is 0 Å². The molecule has 86 valence electrons. The summed E-state index contributed by atoms with van der Waals surface area (Å²) in [6.07, 6.45) is 4.58. The van der Waals surface area contributed by atoms with Crippen LogP contribution >= 0.6 is 11.3 Å². The molecule has 0 atom stereocenters. The Kier molecular flexibility index (Phi) is 3.27. The first kappa shape index (κ1) is 11.6. The molecule has 0 amide bonds. The Labute approximate surface area is 101 Å². The lowest BCUT2D eigenvalue weighted by Gasteiger charge is -2.14. The molecule has 1 aliphatic rings. The molecule has 1 N–H and O–H groups in total. The van der Waals surface area contributed by atoms with Gasteiger partial charge in [0.1, 0.15) is 0 Å². The Morgan fingerprint density at radius 2 is 2.38 bits per heavy atom. The summed E-state index contributed by atoms with van der Waals surface area (Å²) in [6, 6.07) is 2.29. The summed E-state index contributed by atoms with van der Waals surface area (Å²) in [5.41, 5.74) is -0.288. The molecule has 0 spiro atoms. The molecule has 0 unspecified atom stereocenters. The van der Waals surface area contributed by atoms with Crippen molar-refractivity contribution in [3.05, 3.63) is 16.1 Å². The first-order valence-corrected chi connectivity index (χ1v) is 6.49. The van der Waals surface area contributed by atoms with Gasteiger partial charge in [-0.2, -0.15) is 5.26 Å². The van der Waals surface area contributed by atoms with Gasteiger partial charge in [-0.15, -0.1) is 11.3 Å². The summed E-state index contributed by atoms with van der Waals surface area (Å²) in [4.78, 5) is 5.70. The van der Waals surface area contributed by atoms with E-state index in [-0.39, 0.29) is 5.41 Å². The van der Waals surface area contributed by atoms with E-state index in [1.807, 2.05) is 20.0 Å². The molecule has 4 heteroatoms. The lowest BCUT2D eigenvalue weighted by atomic mass is 9.96. The third kappa shape index (κ3) is 3.03. The summed E-state index contributed by atoms with van der Waals surface area (Å²) in [5, 5.41) is 13.5. The Morgan fingerprint density at radius 3 is 3.00 bits per heavy atom. The van der Waals surface area contributed by atoms with Gasteiger partial charge < -0.3 is 5.32 Å². The van der Waals surface area contributed by atoms with Crippen LogP contribution in [-0.4, -0.2) is 11.5 Å². The number of hydrogen-bond donors (Lipinski definition) is 1. The van der Waals surface area contributed by atoms with E-state index in [4.69, 9.17) is 5.26 Å². The molecule has 0 aromatic carbocycles. The summed E-state index contributed by atoms with van der Waals surface area (Å²) in [6.45, 7) is 5.44. The molecule has 0 radical (unpaired) electrons. The molecular formula is C12H17N3S. The standard InChI is InChI=1S/C12H17N3S/c1-12(2,7-13)8-14-5-10-6-15-11(16-10)9-3-4-9/h6,9,14H,3-5,8H2,1-2H3. The van der Waals surface area contributed by atoms with Crippen LogP contribution in [0.5, 0.6) is 0 Å². The fourth-order valence-corrected chi connectivity index (χ4v) is 2.52. The topological polar surface area (TPSA) is 48.7 Å². The average Bonchev–Trinajstić information content (AvgIpc) is 3.00. The van der Waals surface area contributed by atoms with Crippen molar-refractivity contribution in [1.82, 2.24) is 10.3 Å². The Bertz CT molecular complexity index is 399. The maximum Gasteiger partial charge on any atom is 0.0959 e. The summed E-state index contributed by atoms with van der Waals surface area (Å²) >= 11 is 1.81. The van der Waals surface area contributed by atoms with Crippen molar-refractivity contribution >= 4 is 11.3 Å². The second kappa shape index (κ2) is 4.52. The fourth-order valence-electron chi connectivity index (χ4n) is 1.46. The quantitative estimate of drug-likeness (QED) is 0.853. The number of nitriles is 1. The molecular weight excluding hydrogens is 218 g/mol. The van der Waals surface area contributed by atoms with Crippen LogP contribution in [0.3, 0.4) is 0 Å². The number of hydrogen-bond acceptors (Lipinski definition) is 4. The molecule has 3 nitrogen and oxygen atoms in total. The highest BCUT2D eigenvalue weighted by Crippen LogP contribution is 2.41. The second-order valence-corrected chi connectivity index (χ2v) is 6.19. The first-order valence-electron chi connectivity index (χ1n) is 5.67. The van der Waals surface area contributed by atoms with Crippen LogP contribution in [0.2, 0.25) is 0 Å². The van der Waals surface area contributed by atoms with Crippen molar-refractivity contribution in [2.75, 3.05) is 6.54 Å². The summed E-state index contributed by atoms with van der Waals surface area (Å²) in [7, 11) is 0. The van der Waals surface area contributed by atoms with Crippen LogP contribution in [0, 0.1) is 16.7 Å². The molecule has 2 rings (SSSR count). The zero-order valence-electron chi connectivity index (χ0n) is 9.79. The van der Waals surface area contributed by atoms with E-state index in [0.29, 0.717) is 0 Å². The Morgan fingerprint density at radius 1 is 1.62 bits per heavy atom. The number of nitrogens with zero attached hydrogens (tertiary/aromatic N) is 2. The van der Waals surface area contributed by atoms with Crippen LogP contribution in [0.25, 0.3) is 0 Å². The van der Waals surface area contributed by atoms with Crippen molar-refractivity contribution in [3.8, 4) is 6.07 Å². The first-order chi connectivity index (χ1) is 7.61. The van der Waals surface area contributed by atoms with Gasteiger partial charge in [0, 0.05) is 30.1 Å². The lowest BCUT2D eigenvalue weighted by molar-refractivity contribution is 0.446. The van der Waals surface area contributed by atoms with Gasteiger partial charge in [0.2, 0.25) is 0 Å². The third-order valence-corrected chi connectivity index (χ3v) is 3.83. The van der Waals surface area contributed by atoms with E-state index in [1.165, 1.54) is 22.7 Å². The van der Waals surface area contributed by atoms with Gasteiger partial charge in [0.25, 0.3) is 0 Å². The van der Waals surface area contributed by atoms with Crippen molar-refractivity contribution < 1.29 is 0 Å². The van der Waals surface area contributed by atoms with Gasteiger partial charge in [-0.1, -0.05) is 0 Å². The van der Waals surface area contributed by atoms with E-state index in [2.05, 4.69) is 16.4 Å². The van der Waals surface area contributed by atoms with Gasteiger partial charge in [-0.3, -0.25) is 0 Å². The lowest BCUT2D eigenvalue weighted by Crippen LogP contribution is -2.27. The predicted octanol–water partition coefficient (Wildman–Crippen LogP) is 2.66. The molecule has 0 bridgehead atoms. The highest BCUT2D eigenvalue weighted by Gasteiger charge is 2.26. The third-order valence-electron chi connectivity index (χ3n) is 2.67. The zero-order valence-corrected chi connectivity index (χ0v) is 10.6. The molecule has 1 fully saturated rings. The van der Waals surface area contributed by atoms with Crippen LogP contribution in [0.1, 0.15) is 42.5 Å². The van der Waals surface area contributed by atoms with E-state index in [1.54, 1.807) is 11.3 Å². The Hall–Kier alpha value is -0.920. The van der Waals surface area contributed by atoms with E-state index >= 15 is 0 Å². The predicted molar refractivity (Wildman–Crippen MR) is 65.2 cm³/mol. The molecule has 0 aliphatic heterocycles. The minimum Gasteiger partial charge on any atom is -0.310 e. The van der Waals surface area contributed by atoms with Crippen LogP contribution < -0.4 is 5.32 Å². The van der Waals surface area contributed by atoms with Gasteiger partial charge in [-0.25, -0.2) is 4.98 Å². The maximum atomic E-state index is 8.88. The van der Waals surface area contributed by atoms with Crippen LogP contribution in [0.4, 0.5) is 0 Å². The largest absolute Gasteiger partial charge is 0.310 e. The summed E-state index contributed by atoms with van der Waals surface area (Å²) in [5.74, 6) is 0.745. The van der Waals surface area contributed by atoms with Gasteiger partial charge in [-0.05, 0) is 26.7 Å². The molecule has 1 aromatic heterocycles. The van der Waals surface area contributed by atoms with Crippen LogP contribution in [-0.2, 0) is 6.54 Å². The molecule has 1 heterocycles. The van der Waals surface area contributed by atoms with Gasteiger partial charge in [0.05, 0.1) is 16.5 Å². The number of rotatable bonds is 5. The maximum absolute atomic E-state index is 8.88. The van der Waals surface area contributed by atoms with Gasteiger partial charge >= 0.3 is 0 Å². The normalized spacial score (nSPS) is 16.1. The molecule has 16 heavy (non-hydrogen) atoms. The summed E-state index contributed by atoms with van der Waals surface area (Å²) < 4.78 is 0. The van der Waals surface area contributed by atoms with Crippen molar-refractivity contribution in [2.24, 2.45) is 5.41 Å². The van der Waals surface area contributed by atoms with Crippen molar-refractivity contribution in [1.29, 1.82) is 5.26 Å². The minimum absolute atomic E-state index is 0.288. The zero-order chi connectivity index (χ0) is 11.6. The fraction of sp³-hybridized carbons (Fsp3) is 0.667. The molecule has 1 aromatic rings. The van der Waals surface area contributed by atoms with Crippen molar-refractivity contribution in [3.63, 3.8) is 0 Å². The Balaban J connectivity index is 1.79. The van der Waals surface area contributed by atoms with E-state index in [0.717, 1.165) is 19.0 Å². The molecule has 1 aliphatic carbocycles. The highest BCUT2D eigenvalue weighted by atomic mass is 32.1. The number of thiazole rings is 1. The smallest absolute Gasteiger partial charge is 0.0959 e. The minimum atomic E-state index is -0.288.